The largest absolute Gasteiger partial charge is 0.311 e. The van der Waals surface area contributed by atoms with E-state index in [1.807, 2.05) is 0 Å². The normalized spacial score (nSPS) is 30.0. The van der Waals surface area contributed by atoms with Gasteiger partial charge in [0.1, 0.15) is 5.82 Å². The van der Waals surface area contributed by atoms with Crippen LogP contribution in [0.4, 0.5) is 4.39 Å². The topological polar surface area (TPSA) is 15.3 Å². The molecule has 0 saturated carbocycles. The second-order valence-electron chi connectivity index (χ2n) is 5.91. The van der Waals surface area contributed by atoms with Gasteiger partial charge in [0.15, 0.2) is 0 Å². The Labute approximate surface area is 118 Å². The van der Waals surface area contributed by atoms with Crippen molar-refractivity contribution in [2.75, 3.05) is 7.05 Å². The maximum Gasteiger partial charge on any atom is 0.124 e. The second kappa shape index (κ2) is 5.39. The fourth-order valence-electron chi connectivity index (χ4n) is 3.43. The van der Waals surface area contributed by atoms with E-state index < -0.39 is 0 Å². The molecule has 2 saturated heterocycles. The molecule has 0 radical (unpaired) electrons. The van der Waals surface area contributed by atoms with Gasteiger partial charge in [0, 0.05) is 29.7 Å². The van der Waals surface area contributed by atoms with E-state index in [-0.39, 0.29) is 5.82 Å². The first-order valence-corrected chi connectivity index (χ1v) is 7.40. The molecular weight excluding hydrogens is 263 g/mol. The van der Waals surface area contributed by atoms with Gasteiger partial charge >= 0.3 is 0 Å². The van der Waals surface area contributed by atoms with Gasteiger partial charge in [-0.05, 0) is 50.4 Å². The van der Waals surface area contributed by atoms with E-state index in [1.165, 1.54) is 37.8 Å². The molecule has 19 heavy (non-hydrogen) atoms. The third kappa shape index (κ3) is 2.93. The Morgan fingerprint density at radius 3 is 2.63 bits per heavy atom. The maximum atomic E-state index is 13.0. The van der Waals surface area contributed by atoms with Crippen molar-refractivity contribution < 1.29 is 4.39 Å². The average molecular weight is 283 g/mol. The molecule has 2 fully saturated rings. The van der Waals surface area contributed by atoms with Gasteiger partial charge in [-0.1, -0.05) is 17.7 Å². The minimum Gasteiger partial charge on any atom is -0.311 e. The van der Waals surface area contributed by atoms with Gasteiger partial charge in [0.2, 0.25) is 0 Å². The Hall–Kier alpha value is -0.640. The van der Waals surface area contributed by atoms with Crippen molar-refractivity contribution in [3.63, 3.8) is 0 Å². The molecule has 2 aliphatic heterocycles. The Morgan fingerprint density at radius 1 is 1.32 bits per heavy atom. The van der Waals surface area contributed by atoms with Crippen LogP contribution < -0.4 is 5.32 Å². The summed E-state index contributed by atoms with van der Waals surface area (Å²) in [5.41, 5.74) is 1.01. The third-order valence-corrected chi connectivity index (χ3v) is 4.86. The number of halogens is 2. The van der Waals surface area contributed by atoms with Crippen LogP contribution in [0.1, 0.15) is 31.2 Å². The van der Waals surface area contributed by atoms with E-state index in [0.29, 0.717) is 23.1 Å². The number of benzene rings is 1. The maximum absolute atomic E-state index is 13.0. The molecule has 2 unspecified atom stereocenters. The van der Waals surface area contributed by atoms with E-state index in [2.05, 4.69) is 17.3 Å². The molecule has 104 valence electrons. The number of fused-ring (bicyclic) bond motifs is 2. The van der Waals surface area contributed by atoms with Crippen LogP contribution in [0.2, 0.25) is 5.02 Å². The van der Waals surface area contributed by atoms with Gasteiger partial charge in [-0.25, -0.2) is 4.39 Å². The van der Waals surface area contributed by atoms with Crippen LogP contribution in [0.15, 0.2) is 18.2 Å². The lowest BCUT2D eigenvalue weighted by Gasteiger charge is -2.35. The summed E-state index contributed by atoms with van der Waals surface area (Å²) < 4.78 is 13.0. The number of nitrogens with one attached hydrogen (secondary N) is 1. The van der Waals surface area contributed by atoms with E-state index in [9.17, 15) is 4.39 Å². The molecule has 3 rings (SSSR count). The van der Waals surface area contributed by atoms with Gasteiger partial charge in [-0.15, -0.1) is 0 Å². The number of hydrogen-bond donors (Lipinski definition) is 1. The van der Waals surface area contributed by atoms with Crippen molar-refractivity contribution in [1.29, 1.82) is 0 Å². The molecule has 1 aromatic rings. The zero-order valence-electron chi connectivity index (χ0n) is 11.2. The van der Waals surface area contributed by atoms with Crippen molar-refractivity contribution >= 4 is 11.6 Å². The number of piperidine rings is 1. The predicted molar refractivity (Wildman–Crippen MR) is 75.8 cm³/mol. The van der Waals surface area contributed by atoms with Crippen molar-refractivity contribution in [3.8, 4) is 0 Å². The van der Waals surface area contributed by atoms with E-state index >= 15 is 0 Å². The van der Waals surface area contributed by atoms with Crippen LogP contribution in [0.3, 0.4) is 0 Å². The van der Waals surface area contributed by atoms with Crippen molar-refractivity contribution in [3.05, 3.63) is 34.6 Å². The number of nitrogens with zero attached hydrogens (tertiary/aromatic N) is 1. The van der Waals surface area contributed by atoms with Gasteiger partial charge in [-0.2, -0.15) is 0 Å². The summed E-state index contributed by atoms with van der Waals surface area (Å²) >= 11 is 6.10. The van der Waals surface area contributed by atoms with Crippen LogP contribution in [-0.4, -0.2) is 30.1 Å². The lowest BCUT2D eigenvalue weighted by atomic mass is 9.98. The minimum atomic E-state index is -0.267. The van der Waals surface area contributed by atoms with Crippen LogP contribution in [0, 0.1) is 5.82 Å². The summed E-state index contributed by atoms with van der Waals surface area (Å²) in [6.07, 6.45) is 5.05. The predicted octanol–water partition coefficient (Wildman–Crippen LogP) is 3.19. The SMILES string of the molecule is CN(Cc1ccc(F)cc1Cl)C1CC2CCC(C1)N2. The monoisotopic (exact) mass is 282 g/mol. The van der Waals surface area contributed by atoms with E-state index in [0.717, 1.165) is 12.1 Å². The quantitative estimate of drug-likeness (QED) is 0.916. The first-order valence-electron chi connectivity index (χ1n) is 7.02. The van der Waals surface area contributed by atoms with E-state index in [4.69, 9.17) is 11.6 Å². The first kappa shape index (κ1) is 13.3. The molecule has 1 aromatic carbocycles. The molecule has 4 heteroatoms. The summed E-state index contributed by atoms with van der Waals surface area (Å²) in [7, 11) is 2.15. The van der Waals surface area contributed by atoms with Crippen LogP contribution >= 0.6 is 11.6 Å². The van der Waals surface area contributed by atoms with Gasteiger partial charge < -0.3 is 5.32 Å². The summed E-state index contributed by atoms with van der Waals surface area (Å²) in [6.45, 7) is 0.795. The number of rotatable bonds is 3. The molecule has 0 aromatic heterocycles. The van der Waals surface area contributed by atoms with Crippen LogP contribution in [0.5, 0.6) is 0 Å². The fraction of sp³-hybridized carbons (Fsp3) is 0.600. The molecule has 2 nitrogen and oxygen atoms in total. The molecule has 0 amide bonds. The standard InChI is InChI=1S/C15H20ClFN2/c1-19(9-10-2-3-11(17)6-15(10)16)14-7-12-4-5-13(8-14)18-12/h2-3,6,12-14,18H,4-5,7-9H2,1H3. The minimum absolute atomic E-state index is 0.267. The van der Waals surface area contributed by atoms with Crippen molar-refractivity contribution in [2.45, 2.75) is 50.4 Å². The fourth-order valence-corrected chi connectivity index (χ4v) is 3.66. The summed E-state index contributed by atoms with van der Waals surface area (Å²) in [5.74, 6) is -0.267. The molecule has 2 atom stereocenters. The lowest BCUT2D eigenvalue weighted by molar-refractivity contribution is 0.166. The Kier molecular flexibility index (Phi) is 3.79. The Morgan fingerprint density at radius 2 is 2.00 bits per heavy atom. The summed E-state index contributed by atoms with van der Waals surface area (Å²) in [6, 6.07) is 6.67. The molecule has 2 heterocycles. The Balaban J connectivity index is 1.66. The third-order valence-electron chi connectivity index (χ3n) is 4.51. The van der Waals surface area contributed by atoms with Crippen LogP contribution in [-0.2, 0) is 6.54 Å². The summed E-state index contributed by atoms with van der Waals surface area (Å²) in [4.78, 5) is 2.37. The highest BCUT2D eigenvalue weighted by Crippen LogP contribution is 2.30. The molecule has 2 bridgehead atoms. The smallest absolute Gasteiger partial charge is 0.124 e. The molecule has 1 N–H and O–H groups in total. The molecule has 0 aliphatic carbocycles. The molecule has 2 aliphatic rings. The van der Waals surface area contributed by atoms with Gasteiger partial charge in [0.25, 0.3) is 0 Å². The van der Waals surface area contributed by atoms with E-state index in [1.54, 1.807) is 6.07 Å². The lowest BCUT2D eigenvalue weighted by Crippen LogP contribution is -2.46. The molecule has 0 spiro atoms. The highest BCUT2D eigenvalue weighted by atomic mass is 35.5. The van der Waals surface area contributed by atoms with Crippen molar-refractivity contribution in [1.82, 2.24) is 10.2 Å². The highest BCUT2D eigenvalue weighted by molar-refractivity contribution is 6.31. The number of hydrogen-bond acceptors (Lipinski definition) is 2. The second-order valence-corrected chi connectivity index (χ2v) is 6.32. The zero-order valence-corrected chi connectivity index (χ0v) is 12.0. The molecular formula is C15H20ClFN2. The highest BCUT2D eigenvalue weighted by Gasteiger charge is 2.35. The van der Waals surface area contributed by atoms with Crippen LogP contribution in [0.25, 0.3) is 0 Å². The average Bonchev–Trinajstić information content (AvgIpc) is 2.71. The zero-order chi connectivity index (χ0) is 13.4. The van der Waals surface area contributed by atoms with Gasteiger partial charge in [0.05, 0.1) is 0 Å². The summed E-state index contributed by atoms with van der Waals surface area (Å²) in [5, 5.41) is 4.19. The van der Waals surface area contributed by atoms with Gasteiger partial charge in [-0.3, -0.25) is 4.90 Å². The van der Waals surface area contributed by atoms with Crippen molar-refractivity contribution in [2.24, 2.45) is 0 Å². The first-order chi connectivity index (χ1) is 9.11. The Bertz CT molecular complexity index is 453.